The molecule has 0 fully saturated rings. The van der Waals surface area contributed by atoms with E-state index in [1.807, 2.05) is 0 Å². The standard InChI is InChI=1S/C13H16F3N3O3/c1-18-12(21)8(5-17)11(20)7-3-4-10(13(14,15)16)19-9(7)6-22-2/h4-5,7,17,20H,3,6H2,1-2H3,(H,18,21). The number of ether oxygens (including phenoxy) is 1. The van der Waals surface area contributed by atoms with E-state index in [0.717, 1.165) is 6.08 Å². The van der Waals surface area contributed by atoms with E-state index < -0.39 is 29.5 Å². The minimum Gasteiger partial charge on any atom is -0.511 e. The van der Waals surface area contributed by atoms with Crippen LogP contribution in [0.25, 0.3) is 0 Å². The summed E-state index contributed by atoms with van der Waals surface area (Å²) < 4.78 is 42.9. The Hall–Kier alpha value is -2.16. The van der Waals surface area contributed by atoms with Gasteiger partial charge in [0.25, 0.3) is 5.91 Å². The van der Waals surface area contributed by atoms with Gasteiger partial charge in [0.2, 0.25) is 0 Å². The largest absolute Gasteiger partial charge is 0.511 e. The summed E-state index contributed by atoms with van der Waals surface area (Å²) in [6.45, 7) is -0.235. The van der Waals surface area contributed by atoms with Crippen molar-refractivity contribution in [1.82, 2.24) is 5.32 Å². The van der Waals surface area contributed by atoms with Crippen LogP contribution in [0.5, 0.6) is 0 Å². The lowest BCUT2D eigenvalue weighted by atomic mass is 9.91. The molecular weight excluding hydrogens is 303 g/mol. The zero-order valence-corrected chi connectivity index (χ0v) is 12.0. The van der Waals surface area contributed by atoms with Crippen LogP contribution in [0.1, 0.15) is 6.42 Å². The Morgan fingerprint density at radius 3 is 2.73 bits per heavy atom. The summed E-state index contributed by atoms with van der Waals surface area (Å²) in [4.78, 5) is 15.0. The van der Waals surface area contributed by atoms with E-state index >= 15 is 0 Å². The predicted molar refractivity (Wildman–Crippen MR) is 74.1 cm³/mol. The number of aliphatic imine (C=N–C) groups is 1. The minimum absolute atomic E-state index is 0.0573. The van der Waals surface area contributed by atoms with Crippen LogP contribution in [0.2, 0.25) is 0 Å². The number of hydrogen-bond donors (Lipinski definition) is 3. The summed E-state index contributed by atoms with van der Waals surface area (Å²) in [6.07, 6.45) is -3.32. The van der Waals surface area contributed by atoms with Crippen molar-refractivity contribution in [2.75, 3.05) is 20.8 Å². The number of amides is 1. The van der Waals surface area contributed by atoms with E-state index in [0.29, 0.717) is 6.21 Å². The van der Waals surface area contributed by atoms with E-state index in [-0.39, 0.29) is 24.3 Å². The molecule has 0 saturated carbocycles. The van der Waals surface area contributed by atoms with Crippen molar-refractivity contribution in [2.45, 2.75) is 12.6 Å². The second-order valence-electron chi connectivity index (χ2n) is 4.43. The van der Waals surface area contributed by atoms with E-state index in [2.05, 4.69) is 10.3 Å². The first-order valence-electron chi connectivity index (χ1n) is 6.25. The molecular formula is C13H16F3N3O3. The highest BCUT2D eigenvalue weighted by Crippen LogP contribution is 2.33. The minimum atomic E-state index is -4.60. The summed E-state index contributed by atoms with van der Waals surface area (Å²) >= 11 is 0. The Balaban J connectivity index is 3.23. The number of halogens is 3. The number of nitrogens with one attached hydrogen (secondary N) is 2. The number of aliphatic hydroxyl groups is 1. The zero-order valence-electron chi connectivity index (χ0n) is 12.0. The second-order valence-corrected chi connectivity index (χ2v) is 4.43. The van der Waals surface area contributed by atoms with Gasteiger partial charge in [0.15, 0.2) is 0 Å². The molecule has 1 unspecified atom stereocenters. The summed E-state index contributed by atoms with van der Waals surface area (Å²) in [5, 5.41) is 19.6. The molecule has 3 N–H and O–H groups in total. The molecule has 0 spiro atoms. The Bertz CT molecular complexity index is 550. The van der Waals surface area contributed by atoms with E-state index in [1.165, 1.54) is 14.2 Å². The topological polar surface area (TPSA) is 94.8 Å². The molecule has 0 radical (unpaired) electrons. The first-order valence-corrected chi connectivity index (χ1v) is 6.25. The molecule has 1 aliphatic rings. The third kappa shape index (κ3) is 3.94. The lowest BCUT2D eigenvalue weighted by Crippen LogP contribution is -2.30. The fourth-order valence-electron chi connectivity index (χ4n) is 1.95. The molecule has 122 valence electrons. The molecule has 1 aliphatic heterocycles. The van der Waals surface area contributed by atoms with E-state index in [1.54, 1.807) is 0 Å². The van der Waals surface area contributed by atoms with Crippen molar-refractivity contribution in [1.29, 1.82) is 5.41 Å². The number of hydrogen-bond acceptors (Lipinski definition) is 5. The third-order valence-electron chi connectivity index (χ3n) is 3.02. The van der Waals surface area contributed by atoms with Crippen LogP contribution < -0.4 is 5.32 Å². The van der Waals surface area contributed by atoms with Gasteiger partial charge < -0.3 is 20.6 Å². The lowest BCUT2D eigenvalue weighted by Gasteiger charge is -2.23. The quantitative estimate of drug-likeness (QED) is 0.409. The van der Waals surface area contributed by atoms with Gasteiger partial charge in [0.1, 0.15) is 11.5 Å². The van der Waals surface area contributed by atoms with Gasteiger partial charge in [-0.3, -0.25) is 4.79 Å². The average Bonchev–Trinajstić information content (AvgIpc) is 2.46. The molecule has 0 aromatic rings. The van der Waals surface area contributed by atoms with Crippen LogP contribution in [-0.2, 0) is 9.53 Å². The highest BCUT2D eigenvalue weighted by atomic mass is 19.4. The molecule has 1 rings (SSSR count). The molecule has 1 atom stereocenters. The summed E-state index contributed by atoms with van der Waals surface area (Å²) in [6, 6.07) is 0. The van der Waals surface area contributed by atoms with Crippen LogP contribution in [0.15, 0.2) is 28.1 Å². The maximum atomic E-state index is 12.7. The fourth-order valence-corrected chi connectivity index (χ4v) is 1.95. The molecule has 1 amide bonds. The lowest BCUT2D eigenvalue weighted by molar-refractivity contribution is -0.116. The van der Waals surface area contributed by atoms with Crippen LogP contribution in [-0.4, -0.2) is 49.9 Å². The number of aliphatic hydroxyl groups excluding tert-OH is 1. The van der Waals surface area contributed by atoms with Crippen LogP contribution in [0, 0.1) is 11.3 Å². The van der Waals surface area contributed by atoms with Gasteiger partial charge in [-0.15, -0.1) is 0 Å². The average molecular weight is 319 g/mol. The molecule has 0 saturated heterocycles. The third-order valence-corrected chi connectivity index (χ3v) is 3.02. The molecule has 9 heteroatoms. The van der Waals surface area contributed by atoms with Crippen molar-refractivity contribution in [3.05, 3.63) is 23.1 Å². The first kappa shape index (κ1) is 17.9. The molecule has 6 nitrogen and oxygen atoms in total. The van der Waals surface area contributed by atoms with Gasteiger partial charge in [0.05, 0.1) is 23.8 Å². The number of carbonyl (C=O) groups is 1. The molecule has 0 aromatic heterocycles. The first-order chi connectivity index (χ1) is 10.3. The number of methoxy groups -OCH3 is 1. The second kappa shape index (κ2) is 7.21. The fraction of sp³-hybridized carbons (Fsp3) is 0.462. The van der Waals surface area contributed by atoms with Gasteiger partial charge in [-0.05, 0) is 6.42 Å². The van der Waals surface area contributed by atoms with Crippen molar-refractivity contribution in [3.63, 3.8) is 0 Å². The van der Waals surface area contributed by atoms with Gasteiger partial charge >= 0.3 is 6.18 Å². The number of likely N-dealkylation sites (N-methyl/N-ethyl adjacent to an activating group) is 1. The van der Waals surface area contributed by atoms with Crippen LogP contribution >= 0.6 is 0 Å². The predicted octanol–water partition coefficient (Wildman–Crippen LogP) is 1.75. The van der Waals surface area contributed by atoms with Crippen molar-refractivity contribution in [2.24, 2.45) is 10.9 Å². The maximum absolute atomic E-state index is 12.7. The smallest absolute Gasteiger partial charge is 0.433 e. The molecule has 1 heterocycles. The monoisotopic (exact) mass is 319 g/mol. The van der Waals surface area contributed by atoms with Crippen molar-refractivity contribution >= 4 is 17.8 Å². The SMILES string of the molecule is CNC(=O)C(C=N)=C(O)C1CC=C(C(F)(F)F)N=C1COC. The van der Waals surface area contributed by atoms with E-state index in [9.17, 15) is 23.1 Å². The summed E-state index contributed by atoms with van der Waals surface area (Å²) in [7, 11) is 2.59. The molecule has 0 bridgehead atoms. The zero-order chi connectivity index (χ0) is 16.9. The maximum Gasteiger partial charge on any atom is 0.433 e. The normalized spacial score (nSPS) is 19.8. The Kier molecular flexibility index (Phi) is 5.86. The van der Waals surface area contributed by atoms with Crippen LogP contribution in [0.3, 0.4) is 0 Å². The number of nitrogens with zero attached hydrogens (tertiary/aromatic N) is 1. The number of allylic oxidation sites excluding steroid dienone is 3. The molecule has 22 heavy (non-hydrogen) atoms. The number of alkyl halides is 3. The highest BCUT2D eigenvalue weighted by Gasteiger charge is 2.38. The van der Waals surface area contributed by atoms with E-state index in [4.69, 9.17) is 10.1 Å². The highest BCUT2D eigenvalue weighted by molar-refractivity contribution is 6.12. The van der Waals surface area contributed by atoms with Gasteiger partial charge in [-0.1, -0.05) is 6.08 Å². The number of rotatable bonds is 5. The van der Waals surface area contributed by atoms with Gasteiger partial charge in [-0.25, -0.2) is 4.99 Å². The Labute approximate surface area is 124 Å². The molecule has 0 aromatic carbocycles. The van der Waals surface area contributed by atoms with Gasteiger partial charge in [-0.2, -0.15) is 13.2 Å². The Morgan fingerprint density at radius 1 is 1.64 bits per heavy atom. The van der Waals surface area contributed by atoms with Crippen molar-refractivity contribution < 1.29 is 27.8 Å². The van der Waals surface area contributed by atoms with Crippen molar-refractivity contribution in [3.8, 4) is 0 Å². The molecule has 0 aliphatic carbocycles. The number of carbonyl (C=O) groups excluding carboxylic acids is 1. The van der Waals surface area contributed by atoms with Crippen LogP contribution in [0.4, 0.5) is 13.2 Å². The van der Waals surface area contributed by atoms with Gasteiger partial charge in [0, 0.05) is 20.4 Å². The Morgan fingerprint density at radius 2 is 2.27 bits per heavy atom. The summed E-state index contributed by atoms with van der Waals surface area (Å²) in [5.74, 6) is -2.17. The summed E-state index contributed by atoms with van der Waals surface area (Å²) in [5.41, 5.74) is -1.46.